The second-order valence-electron chi connectivity index (χ2n) is 2.30. The molecule has 1 rings (SSSR count). The zero-order valence-corrected chi connectivity index (χ0v) is 8.48. The number of pyridine rings is 1. The van der Waals surface area contributed by atoms with Crippen molar-refractivity contribution in [2.24, 2.45) is 15.3 Å². The average Bonchev–Trinajstić information content (AvgIpc) is 2.31. The standard InChI is InChI=1S/C5ClFN10/c6-1-3(12-15-8)2(7)5(14-17-10)11-4(1)13-16-9. The molecule has 0 saturated heterocycles. The lowest BCUT2D eigenvalue weighted by Gasteiger charge is -2.04. The molecule has 0 aliphatic rings. The zero-order chi connectivity index (χ0) is 12.8. The summed E-state index contributed by atoms with van der Waals surface area (Å²) in [5.41, 5.74) is 23.9. The third-order valence-electron chi connectivity index (χ3n) is 1.44. The molecular formula is C5ClFN10. The van der Waals surface area contributed by atoms with Gasteiger partial charge < -0.3 is 0 Å². The first-order chi connectivity index (χ1) is 8.15. The highest BCUT2D eigenvalue weighted by Gasteiger charge is 2.16. The van der Waals surface area contributed by atoms with E-state index in [4.69, 9.17) is 28.2 Å². The van der Waals surface area contributed by atoms with Crippen LogP contribution in [0.2, 0.25) is 5.02 Å². The number of azide groups is 3. The Balaban J connectivity index is 3.73. The first kappa shape index (κ1) is 12.4. The molecule has 1 aromatic heterocycles. The predicted octanol–water partition coefficient (Wildman–Crippen LogP) is 4.70. The molecule has 1 heterocycles. The lowest BCUT2D eigenvalue weighted by Crippen LogP contribution is -1.85. The maximum atomic E-state index is 13.5. The van der Waals surface area contributed by atoms with Crippen molar-refractivity contribution in [1.82, 2.24) is 4.98 Å². The van der Waals surface area contributed by atoms with Crippen molar-refractivity contribution in [1.29, 1.82) is 0 Å². The minimum absolute atomic E-state index is 0.458. The Hall–Kier alpha value is -2.70. The third kappa shape index (κ3) is 2.46. The average molecular weight is 255 g/mol. The molecule has 0 fully saturated rings. The highest BCUT2D eigenvalue weighted by Crippen LogP contribution is 2.39. The summed E-state index contributed by atoms with van der Waals surface area (Å²) in [6, 6.07) is 0. The molecule has 0 atom stereocenters. The van der Waals surface area contributed by atoms with Crippen LogP contribution in [0.15, 0.2) is 15.3 Å². The van der Waals surface area contributed by atoms with Crippen LogP contribution in [0.1, 0.15) is 0 Å². The van der Waals surface area contributed by atoms with Crippen molar-refractivity contribution in [3.05, 3.63) is 42.2 Å². The van der Waals surface area contributed by atoms with Gasteiger partial charge in [-0.05, 0) is 26.8 Å². The smallest absolute Gasteiger partial charge is 0.163 e. The summed E-state index contributed by atoms with van der Waals surface area (Å²) < 4.78 is 13.5. The molecule has 0 aliphatic heterocycles. The molecule has 1 aromatic rings. The van der Waals surface area contributed by atoms with Crippen molar-refractivity contribution in [3.8, 4) is 0 Å². The van der Waals surface area contributed by atoms with Gasteiger partial charge in [-0.25, -0.2) is 9.37 Å². The SMILES string of the molecule is [N-]=[N+]=Nc1nc(N=[N+]=[N-])c(Cl)c(N=[N+]=[N-])c1F. The molecule has 0 radical (unpaired) electrons. The van der Waals surface area contributed by atoms with Gasteiger partial charge in [-0.2, -0.15) is 0 Å². The van der Waals surface area contributed by atoms with Crippen LogP contribution < -0.4 is 0 Å². The summed E-state index contributed by atoms with van der Waals surface area (Å²) in [5, 5.41) is 8.42. The van der Waals surface area contributed by atoms with E-state index in [2.05, 4.69) is 35.1 Å². The van der Waals surface area contributed by atoms with E-state index >= 15 is 0 Å². The van der Waals surface area contributed by atoms with E-state index in [1.165, 1.54) is 0 Å². The van der Waals surface area contributed by atoms with Crippen LogP contribution in [-0.4, -0.2) is 4.98 Å². The molecule has 0 amide bonds. The van der Waals surface area contributed by atoms with Crippen molar-refractivity contribution in [2.45, 2.75) is 0 Å². The Kier molecular flexibility index (Phi) is 3.93. The summed E-state index contributed by atoms with van der Waals surface area (Å²) in [4.78, 5) is 10.4. The van der Waals surface area contributed by atoms with E-state index < -0.39 is 28.2 Å². The minimum atomic E-state index is -1.21. The number of aromatic nitrogens is 1. The van der Waals surface area contributed by atoms with E-state index in [9.17, 15) is 4.39 Å². The van der Waals surface area contributed by atoms with E-state index in [1.807, 2.05) is 0 Å². The molecule has 12 heteroatoms. The van der Waals surface area contributed by atoms with Gasteiger partial charge in [-0.15, -0.1) is 0 Å². The second-order valence-corrected chi connectivity index (χ2v) is 2.68. The van der Waals surface area contributed by atoms with Gasteiger partial charge in [0, 0.05) is 14.7 Å². The summed E-state index contributed by atoms with van der Waals surface area (Å²) in [6.07, 6.45) is 0. The third-order valence-corrected chi connectivity index (χ3v) is 1.79. The number of hydrogen-bond acceptors (Lipinski definition) is 4. The van der Waals surface area contributed by atoms with Crippen molar-refractivity contribution in [2.75, 3.05) is 0 Å². The Morgan fingerprint density at radius 1 is 1.00 bits per heavy atom. The number of nitrogens with zero attached hydrogens (tertiary/aromatic N) is 10. The normalized spacial score (nSPS) is 8.59. The number of rotatable bonds is 3. The van der Waals surface area contributed by atoms with Crippen molar-refractivity contribution in [3.63, 3.8) is 0 Å². The van der Waals surface area contributed by atoms with E-state index in [0.717, 1.165) is 0 Å². The Morgan fingerprint density at radius 3 is 2.06 bits per heavy atom. The van der Waals surface area contributed by atoms with E-state index in [0.29, 0.717) is 0 Å². The summed E-state index contributed by atoms with van der Waals surface area (Å²) >= 11 is 5.58. The molecule has 0 N–H and O–H groups in total. The maximum absolute atomic E-state index is 13.5. The zero-order valence-electron chi connectivity index (χ0n) is 7.73. The molecule has 0 aromatic carbocycles. The van der Waals surface area contributed by atoms with Crippen LogP contribution in [0.25, 0.3) is 31.3 Å². The van der Waals surface area contributed by atoms with Crippen LogP contribution in [0.4, 0.5) is 21.7 Å². The van der Waals surface area contributed by atoms with Gasteiger partial charge >= 0.3 is 0 Å². The summed E-state index contributed by atoms with van der Waals surface area (Å²) in [5.74, 6) is -2.40. The summed E-state index contributed by atoms with van der Waals surface area (Å²) in [6.45, 7) is 0. The van der Waals surface area contributed by atoms with Crippen LogP contribution in [0.5, 0.6) is 0 Å². The minimum Gasteiger partial charge on any atom is -0.240 e. The Bertz CT molecular complexity index is 563. The van der Waals surface area contributed by atoms with Crippen LogP contribution in [0.3, 0.4) is 0 Å². The van der Waals surface area contributed by atoms with Gasteiger partial charge in [-0.1, -0.05) is 16.7 Å². The molecule has 0 spiro atoms. The van der Waals surface area contributed by atoms with Gasteiger partial charge in [0.25, 0.3) is 0 Å². The second kappa shape index (κ2) is 5.40. The molecule has 0 bridgehead atoms. The largest absolute Gasteiger partial charge is 0.240 e. The Labute approximate surface area is 96.5 Å². The van der Waals surface area contributed by atoms with E-state index in [1.54, 1.807) is 0 Å². The highest BCUT2D eigenvalue weighted by molar-refractivity contribution is 6.35. The molecular weight excluding hydrogens is 255 g/mol. The Morgan fingerprint density at radius 2 is 1.53 bits per heavy atom. The fourth-order valence-electron chi connectivity index (χ4n) is 0.856. The van der Waals surface area contributed by atoms with Gasteiger partial charge in [0.1, 0.15) is 5.82 Å². The quantitative estimate of drug-likeness (QED) is 0.427. The molecule has 84 valence electrons. The molecule has 0 unspecified atom stereocenters. The van der Waals surface area contributed by atoms with Crippen LogP contribution >= 0.6 is 11.6 Å². The van der Waals surface area contributed by atoms with Gasteiger partial charge in [-0.3, -0.25) is 0 Å². The molecule has 17 heavy (non-hydrogen) atoms. The fourth-order valence-corrected chi connectivity index (χ4v) is 1.06. The molecule has 0 aliphatic carbocycles. The van der Waals surface area contributed by atoms with E-state index in [-0.39, 0.29) is 0 Å². The van der Waals surface area contributed by atoms with Crippen LogP contribution in [0, 0.1) is 5.82 Å². The number of halogens is 2. The maximum Gasteiger partial charge on any atom is 0.163 e. The highest BCUT2D eigenvalue weighted by atomic mass is 35.5. The van der Waals surface area contributed by atoms with Gasteiger partial charge in [0.15, 0.2) is 11.6 Å². The van der Waals surface area contributed by atoms with Crippen molar-refractivity contribution >= 4 is 28.9 Å². The fraction of sp³-hybridized carbons (Fsp3) is 0. The lowest BCUT2D eigenvalue weighted by atomic mass is 10.3. The van der Waals surface area contributed by atoms with Crippen LogP contribution in [-0.2, 0) is 0 Å². The van der Waals surface area contributed by atoms with Crippen molar-refractivity contribution < 1.29 is 4.39 Å². The first-order valence-electron chi connectivity index (χ1n) is 3.70. The topological polar surface area (TPSA) is 159 Å². The predicted molar refractivity (Wildman–Crippen MR) is 55.6 cm³/mol. The van der Waals surface area contributed by atoms with Gasteiger partial charge in [0.2, 0.25) is 0 Å². The monoisotopic (exact) mass is 254 g/mol. The number of hydrogen-bond donors (Lipinski definition) is 0. The molecule has 0 saturated carbocycles. The summed E-state index contributed by atoms with van der Waals surface area (Å²) in [7, 11) is 0. The lowest BCUT2D eigenvalue weighted by molar-refractivity contribution is 0.625. The first-order valence-corrected chi connectivity index (χ1v) is 4.07. The van der Waals surface area contributed by atoms with Gasteiger partial charge in [0.05, 0.1) is 10.7 Å². The molecule has 10 nitrogen and oxygen atoms in total.